The molecule has 1 heterocycles. The van der Waals surface area contributed by atoms with Gasteiger partial charge in [0.15, 0.2) is 11.5 Å². The lowest BCUT2D eigenvalue weighted by Gasteiger charge is -2.17. The van der Waals surface area contributed by atoms with E-state index in [0.717, 1.165) is 16.8 Å². The van der Waals surface area contributed by atoms with E-state index in [1.807, 2.05) is 37.3 Å². The molecule has 148 valence electrons. The lowest BCUT2D eigenvalue weighted by molar-refractivity contribution is 0.0954. The molecule has 0 aromatic heterocycles. The van der Waals surface area contributed by atoms with Gasteiger partial charge in [-0.3, -0.25) is 9.69 Å². The normalized spacial score (nSPS) is 13.2. The van der Waals surface area contributed by atoms with E-state index >= 15 is 0 Å². The second-order valence-corrected chi connectivity index (χ2v) is 6.58. The average molecular weight is 383 g/mol. The summed E-state index contributed by atoms with van der Waals surface area (Å²) in [7, 11) is 3.20. The highest BCUT2D eigenvalue weighted by Gasteiger charge is 2.22. The number of benzene rings is 2. The molecule has 1 aliphatic rings. The molecular weight excluding hydrogens is 358 g/mol. The predicted octanol–water partition coefficient (Wildman–Crippen LogP) is 2.51. The number of urea groups is 1. The molecule has 3 amide bonds. The molecule has 0 bridgehead atoms. The number of carbonyl (C=O) groups is 2. The number of hydrogen-bond donors (Lipinski definition) is 2. The van der Waals surface area contributed by atoms with Crippen molar-refractivity contribution >= 4 is 17.6 Å². The molecule has 1 fully saturated rings. The molecule has 7 nitrogen and oxygen atoms in total. The third-order valence-corrected chi connectivity index (χ3v) is 4.75. The smallest absolute Gasteiger partial charge is 0.322 e. The first-order valence-corrected chi connectivity index (χ1v) is 9.18. The summed E-state index contributed by atoms with van der Waals surface area (Å²) in [6.45, 7) is 3.68. The van der Waals surface area contributed by atoms with E-state index < -0.39 is 0 Å². The van der Waals surface area contributed by atoms with Crippen LogP contribution in [0.15, 0.2) is 36.4 Å². The van der Waals surface area contributed by atoms with Crippen LogP contribution in [-0.2, 0) is 6.42 Å². The number of hydrogen-bond acceptors (Lipinski definition) is 4. The molecule has 0 radical (unpaired) electrons. The largest absolute Gasteiger partial charge is 0.493 e. The topological polar surface area (TPSA) is 79.9 Å². The molecule has 2 N–H and O–H groups in total. The number of amides is 3. The van der Waals surface area contributed by atoms with Gasteiger partial charge in [-0.25, -0.2) is 4.79 Å². The Kier molecular flexibility index (Phi) is 6.03. The van der Waals surface area contributed by atoms with Crippen LogP contribution in [0.2, 0.25) is 0 Å². The van der Waals surface area contributed by atoms with Gasteiger partial charge in [0.25, 0.3) is 5.91 Å². The third kappa shape index (κ3) is 4.19. The Bertz CT molecular complexity index is 882. The van der Waals surface area contributed by atoms with Gasteiger partial charge in [0, 0.05) is 30.9 Å². The number of ether oxygens (including phenoxy) is 2. The van der Waals surface area contributed by atoms with Crippen LogP contribution < -0.4 is 25.0 Å². The van der Waals surface area contributed by atoms with Crippen molar-refractivity contribution in [3.05, 3.63) is 53.1 Å². The monoisotopic (exact) mass is 383 g/mol. The minimum absolute atomic E-state index is 0.102. The zero-order valence-corrected chi connectivity index (χ0v) is 16.4. The highest BCUT2D eigenvalue weighted by molar-refractivity contribution is 5.97. The molecule has 0 atom stereocenters. The van der Waals surface area contributed by atoms with Crippen LogP contribution in [0.1, 0.15) is 21.5 Å². The number of anilines is 1. The van der Waals surface area contributed by atoms with Crippen LogP contribution in [0.5, 0.6) is 11.5 Å². The minimum Gasteiger partial charge on any atom is -0.493 e. The van der Waals surface area contributed by atoms with E-state index in [0.29, 0.717) is 43.1 Å². The van der Waals surface area contributed by atoms with Crippen LogP contribution >= 0.6 is 0 Å². The Morgan fingerprint density at radius 2 is 1.93 bits per heavy atom. The first-order valence-electron chi connectivity index (χ1n) is 9.18. The summed E-state index contributed by atoms with van der Waals surface area (Å²) in [5.41, 5.74) is 3.35. The molecule has 3 rings (SSSR count). The van der Waals surface area contributed by atoms with Gasteiger partial charge in [0.2, 0.25) is 0 Å². The fraction of sp³-hybridized carbons (Fsp3) is 0.333. The number of nitrogens with one attached hydrogen (secondary N) is 2. The lowest BCUT2D eigenvalue weighted by Crippen LogP contribution is -2.29. The summed E-state index contributed by atoms with van der Waals surface area (Å²) in [4.78, 5) is 26.0. The number of methoxy groups -OCH3 is 2. The fourth-order valence-electron chi connectivity index (χ4n) is 3.26. The van der Waals surface area contributed by atoms with Crippen LogP contribution in [0.3, 0.4) is 0 Å². The fourth-order valence-corrected chi connectivity index (χ4v) is 3.26. The van der Waals surface area contributed by atoms with Gasteiger partial charge in [-0.2, -0.15) is 0 Å². The number of aryl methyl sites for hydroxylation is 1. The summed E-state index contributed by atoms with van der Waals surface area (Å²) < 4.78 is 10.5. The van der Waals surface area contributed by atoms with Crippen molar-refractivity contribution in [1.82, 2.24) is 10.6 Å². The molecule has 1 saturated heterocycles. The minimum atomic E-state index is -0.138. The van der Waals surface area contributed by atoms with Crippen LogP contribution in [0.25, 0.3) is 0 Å². The van der Waals surface area contributed by atoms with Crippen molar-refractivity contribution in [1.29, 1.82) is 0 Å². The Labute approximate surface area is 164 Å². The zero-order valence-electron chi connectivity index (χ0n) is 16.4. The van der Waals surface area contributed by atoms with Gasteiger partial charge in [-0.15, -0.1) is 0 Å². The first-order chi connectivity index (χ1) is 13.5. The highest BCUT2D eigenvalue weighted by Crippen LogP contribution is 2.27. The zero-order chi connectivity index (χ0) is 20.1. The van der Waals surface area contributed by atoms with E-state index in [1.165, 1.54) is 0 Å². The molecule has 1 aliphatic heterocycles. The van der Waals surface area contributed by atoms with Crippen LogP contribution in [-0.4, -0.2) is 45.8 Å². The second kappa shape index (κ2) is 8.65. The van der Waals surface area contributed by atoms with Gasteiger partial charge in [0.05, 0.1) is 14.2 Å². The van der Waals surface area contributed by atoms with Crippen molar-refractivity contribution in [2.45, 2.75) is 13.3 Å². The predicted molar refractivity (Wildman–Crippen MR) is 108 cm³/mol. The maximum atomic E-state index is 12.5. The summed E-state index contributed by atoms with van der Waals surface area (Å²) in [5, 5.41) is 5.72. The first kappa shape index (κ1) is 19.5. The molecule has 7 heteroatoms. The number of nitrogens with zero attached hydrogens (tertiary/aromatic N) is 1. The standard InChI is InChI=1S/C21H25N3O4/c1-14-12-16(5-6-17(14)24-11-10-23-21(24)26)20(25)22-9-8-15-4-7-18(27-2)19(13-15)28-3/h4-7,12-13H,8-11H2,1-3H3,(H,22,25)(H,23,26). The van der Waals surface area contributed by atoms with Gasteiger partial charge in [-0.1, -0.05) is 6.07 Å². The third-order valence-electron chi connectivity index (χ3n) is 4.75. The van der Waals surface area contributed by atoms with Crippen molar-refractivity contribution in [3.63, 3.8) is 0 Å². The van der Waals surface area contributed by atoms with E-state index in [4.69, 9.17) is 9.47 Å². The molecule has 28 heavy (non-hydrogen) atoms. The van der Waals surface area contributed by atoms with Crippen molar-refractivity contribution in [3.8, 4) is 11.5 Å². The Morgan fingerprint density at radius 1 is 1.14 bits per heavy atom. The van der Waals surface area contributed by atoms with Gasteiger partial charge < -0.3 is 20.1 Å². The second-order valence-electron chi connectivity index (χ2n) is 6.58. The van der Waals surface area contributed by atoms with E-state index in [2.05, 4.69) is 10.6 Å². The van der Waals surface area contributed by atoms with Crippen LogP contribution in [0, 0.1) is 6.92 Å². The van der Waals surface area contributed by atoms with Crippen molar-refractivity contribution in [2.24, 2.45) is 0 Å². The molecule has 0 saturated carbocycles. The molecular formula is C21H25N3O4. The maximum Gasteiger partial charge on any atom is 0.322 e. The summed E-state index contributed by atoms with van der Waals surface area (Å²) in [6, 6.07) is 11.0. The Morgan fingerprint density at radius 3 is 2.57 bits per heavy atom. The lowest BCUT2D eigenvalue weighted by atomic mass is 10.1. The van der Waals surface area contributed by atoms with Gasteiger partial charge >= 0.3 is 6.03 Å². The summed E-state index contributed by atoms with van der Waals surface area (Å²) >= 11 is 0. The molecule has 0 aliphatic carbocycles. The maximum absolute atomic E-state index is 12.5. The Hall–Kier alpha value is -3.22. The summed E-state index contributed by atoms with van der Waals surface area (Å²) in [5.74, 6) is 1.21. The highest BCUT2D eigenvalue weighted by atomic mass is 16.5. The Balaban J connectivity index is 1.59. The quantitative estimate of drug-likeness (QED) is 0.770. The van der Waals surface area contributed by atoms with Gasteiger partial charge in [0.1, 0.15) is 0 Å². The summed E-state index contributed by atoms with van der Waals surface area (Å²) in [6.07, 6.45) is 0.678. The van der Waals surface area contributed by atoms with Crippen molar-refractivity contribution in [2.75, 3.05) is 38.8 Å². The van der Waals surface area contributed by atoms with E-state index in [1.54, 1.807) is 25.2 Å². The number of carbonyl (C=O) groups excluding carboxylic acids is 2. The molecule has 2 aromatic carbocycles. The van der Waals surface area contributed by atoms with E-state index in [9.17, 15) is 9.59 Å². The van der Waals surface area contributed by atoms with Gasteiger partial charge in [-0.05, 0) is 54.8 Å². The number of rotatable bonds is 7. The average Bonchev–Trinajstić information content (AvgIpc) is 3.13. The van der Waals surface area contributed by atoms with Crippen LogP contribution in [0.4, 0.5) is 10.5 Å². The SMILES string of the molecule is COc1ccc(CCNC(=O)c2ccc(N3CCNC3=O)c(C)c2)cc1OC. The van der Waals surface area contributed by atoms with E-state index in [-0.39, 0.29) is 11.9 Å². The molecule has 0 spiro atoms. The molecule has 0 unspecified atom stereocenters. The molecule has 2 aromatic rings. The van der Waals surface area contributed by atoms with Crippen molar-refractivity contribution < 1.29 is 19.1 Å².